The molecule has 0 saturated heterocycles. The maximum absolute atomic E-state index is 8.84. The number of aliphatic hydroxyl groups excluding tert-OH is 1. The highest BCUT2D eigenvalue weighted by molar-refractivity contribution is 7.81. The Hall–Kier alpha value is 0.310. The molecule has 0 saturated carbocycles. The van der Waals surface area contributed by atoms with Crippen LogP contribution in [-0.2, 0) is 0 Å². The van der Waals surface area contributed by atoms with Gasteiger partial charge in [0, 0.05) is 4.75 Å². The molecule has 0 rings (SSSR count). The van der Waals surface area contributed by atoms with Gasteiger partial charge in [-0.25, -0.2) is 0 Å². The van der Waals surface area contributed by atoms with E-state index >= 15 is 0 Å². The molecule has 0 aliphatic carbocycles. The van der Waals surface area contributed by atoms with Crippen molar-refractivity contribution in [2.75, 3.05) is 0 Å². The molecule has 0 aliphatic heterocycles. The molecule has 1 unspecified atom stereocenters. The molecule has 2 heteroatoms. The van der Waals surface area contributed by atoms with Gasteiger partial charge in [0.15, 0.2) is 0 Å². The van der Waals surface area contributed by atoms with Crippen molar-refractivity contribution in [2.24, 2.45) is 0 Å². The van der Waals surface area contributed by atoms with Crippen molar-refractivity contribution >= 4 is 12.6 Å². The summed E-state index contributed by atoms with van der Waals surface area (Å²) < 4.78 is -0.0336. The first-order chi connectivity index (χ1) is 3.42. The van der Waals surface area contributed by atoms with Crippen LogP contribution in [0.5, 0.6) is 0 Å². The third-order valence-corrected chi connectivity index (χ3v) is 0.978. The molecule has 1 atom stereocenters. The molecule has 1 nitrogen and oxygen atoms in total. The number of thiol groups is 1. The Bertz CT molecular complexity index is 63.4. The number of hydrogen-bond acceptors (Lipinski definition) is 2. The van der Waals surface area contributed by atoms with Crippen LogP contribution < -0.4 is 0 Å². The fraction of sp³-hybridized carbons (Fsp3) is 1.00. The first kappa shape index (κ1) is 8.31. The van der Waals surface area contributed by atoms with E-state index < -0.39 is 0 Å². The maximum Gasteiger partial charge on any atom is 0.0525 e. The Morgan fingerprint density at radius 2 is 2.00 bits per heavy atom. The van der Waals surface area contributed by atoms with E-state index in [1.54, 1.807) is 6.92 Å². The van der Waals surface area contributed by atoms with E-state index in [0.29, 0.717) is 0 Å². The highest BCUT2D eigenvalue weighted by atomic mass is 32.1. The Morgan fingerprint density at radius 3 is 2.00 bits per heavy atom. The van der Waals surface area contributed by atoms with E-state index in [0.717, 1.165) is 6.42 Å². The molecule has 0 spiro atoms. The normalized spacial score (nSPS) is 16.1. The van der Waals surface area contributed by atoms with E-state index in [1.165, 1.54) is 0 Å². The molecule has 0 aliphatic rings. The van der Waals surface area contributed by atoms with Crippen LogP contribution in [0.1, 0.15) is 27.2 Å². The molecule has 1 N–H and O–H groups in total. The smallest absolute Gasteiger partial charge is 0.0525 e. The lowest BCUT2D eigenvalue weighted by molar-refractivity contribution is 0.174. The van der Waals surface area contributed by atoms with Gasteiger partial charge in [0.1, 0.15) is 0 Å². The monoisotopic (exact) mass is 134 g/mol. The minimum Gasteiger partial charge on any atom is -0.393 e. The van der Waals surface area contributed by atoms with Crippen molar-refractivity contribution in [3.63, 3.8) is 0 Å². The zero-order chi connectivity index (χ0) is 6.78. The van der Waals surface area contributed by atoms with Crippen LogP contribution in [0.15, 0.2) is 0 Å². The summed E-state index contributed by atoms with van der Waals surface area (Å²) in [4.78, 5) is 0. The number of rotatable bonds is 2. The van der Waals surface area contributed by atoms with Gasteiger partial charge >= 0.3 is 0 Å². The fourth-order valence-corrected chi connectivity index (χ4v) is 0.987. The SMILES string of the molecule is CC(O)CC(C)(C)S. The zero-order valence-corrected chi connectivity index (χ0v) is 6.57. The van der Waals surface area contributed by atoms with E-state index in [9.17, 15) is 0 Å². The van der Waals surface area contributed by atoms with Crippen molar-refractivity contribution in [3.05, 3.63) is 0 Å². The first-order valence-electron chi connectivity index (χ1n) is 2.82. The topological polar surface area (TPSA) is 20.2 Å². The Labute approximate surface area is 56.5 Å². The van der Waals surface area contributed by atoms with Gasteiger partial charge < -0.3 is 5.11 Å². The van der Waals surface area contributed by atoms with E-state index in [-0.39, 0.29) is 10.9 Å². The largest absolute Gasteiger partial charge is 0.393 e. The Morgan fingerprint density at radius 1 is 1.62 bits per heavy atom. The van der Waals surface area contributed by atoms with Gasteiger partial charge in [-0.1, -0.05) is 13.8 Å². The predicted octanol–water partition coefficient (Wildman–Crippen LogP) is 1.47. The molecule has 0 radical (unpaired) electrons. The lowest BCUT2D eigenvalue weighted by Crippen LogP contribution is -2.17. The number of aliphatic hydroxyl groups is 1. The van der Waals surface area contributed by atoms with Gasteiger partial charge in [-0.2, -0.15) is 12.6 Å². The van der Waals surface area contributed by atoms with Gasteiger partial charge in [-0.15, -0.1) is 0 Å². The standard InChI is InChI=1S/C6H14OS/c1-5(7)4-6(2,3)8/h5,7-8H,4H2,1-3H3. The van der Waals surface area contributed by atoms with Crippen molar-refractivity contribution < 1.29 is 5.11 Å². The summed E-state index contributed by atoms with van der Waals surface area (Å²) in [5.41, 5.74) is 0. The summed E-state index contributed by atoms with van der Waals surface area (Å²) in [5, 5.41) is 8.84. The van der Waals surface area contributed by atoms with Crippen LogP contribution in [0.4, 0.5) is 0 Å². The van der Waals surface area contributed by atoms with Gasteiger partial charge in [0.25, 0.3) is 0 Å². The molecule has 0 fully saturated rings. The van der Waals surface area contributed by atoms with Gasteiger partial charge in [0.2, 0.25) is 0 Å². The third-order valence-electron chi connectivity index (χ3n) is 0.795. The lowest BCUT2D eigenvalue weighted by Gasteiger charge is -2.18. The van der Waals surface area contributed by atoms with Crippen molar-refractivity contribution in [1.82, 2.24) is 0 Å². The van der Waals surface area contributed by atoms with Crippen LogP contribution in [0.3, 0.4) is 0 Å². The predicted molar refractivity (Wildman–Crippen MR) is 39.4 cm³/mol. The number of hydrogen-bond donors (Lipinski definition) is 2. The summed E-state index contributed by atoms with van der Waals surface area (Å²) in [6.07, 6.45) is 0.512. The quantitative estimate of drug-likeness (QED) is 0.548. The van der Waals surface area contributed by atoms with Gasteiger partial charge in [-0.05, 0) is 13.3 Å². The molecule has 0 aromatic carbocycles. The molecule has 0 bridgehead atoms. The second-order valence-electron chi connectivity index (χ2n) is 2.87. The van der Waals surface area contributed by atoms with Crippen LogP contribution in [-0.4, -0.2) is 16.0 Å². The van der Waals surface area contributed by atoms with E-state index in [4.69, 9.17) is 5.11 Å². The molecule has 0 aromatic heterocycles. The summed E-state index contributed by atoms with van der Waals surface area (Å²) in [6, 6.07) is 0. The molecular formula is C6H14OS. The second-order valence-corrected chi connectivity index (χ2v) is 4.08. The fourth-order valence-electron chi connectivity index (χ4n) is 0.723. The molecule has 8 heavy (non-hydrogen) atoms. The van der Waals surface area contributed by atoms with E-state index in [1.807, 2.05) is 13.8 Å². The highest BCUT2D eigenvalue weighted by Crippen LogP contribution is 2.18. The molecule has 0 amide bonds. The summed E-state index contributed by atoms with van der Waals surface area (Å²) in [7, 11) is 0. The van der Waals surface area contributed by atoms with Crippen LogP contribution >= 0.6 is 12.6 Å². The molecule has 50 valence electrons. The van der Waals surface area contributed by atoms with Gasteiger partial charge in [0.05, 0.1) is 6.10 Å². The van der Waals surface area contributed by atoms with E-state index in [2.05, 4.69) is 12.6 Å². The van der Waals surface area contributed by atoms with Crippen molar-refractivity contribution in [2.45, 2.75) is 38.0 Å². The average molecular weight is 134 g/mol. The second kappa shape index (κ2) is 2.74. The first-order valence-corrected chi connectivity index (χ1v) is 3.27. The maximum atomic E-state index is 8.84. The zero-order valence-electron chi connectivity index (χ0n) is 5.68. The minimum atomic E-state index is -0.234. The lowest BCUT2D eigenvalue weighted by atomic mass is 10.1. The minimum absolute atomic E-state index is 0.0336. The summed E-state index contributed by atoms with van der Waals surface area (Å²) in [5.74, 6) is 0. The molecular weight excluding hydrogens is 120 g/mol. The molecule has 0 aromatic rings. The average Bonchev–Trinajstić information content (AvgIpc) is 1.21. The van der Waals surface area contributed by atoms with Crippen molar-refractivity contribution in [1.29, 1.82) is 0 Å². The van der Waals surface area contributed by atoms with Crippen molar-refractivity contribution in [3.8, 4) is 0 Å². The highest BCUT2D eigenvalue weighted by Gasteiger charge is 2.13. The Balaban J connectivity index is 3.39. The van der Waals surface area contributed by atoms with Crippen LogP contribution in [0.25, 0.3) is 0 Å². The summed E-state index contributed by atoms with van der Waals surface area (Å²) in [6.45, 7) is 5.75. The summed E-state index contributed by atoms with van der Waals surface area (Å²) >= 11 is 4.23. The van der Waals surface area contributed by atoms with Gasteiger partial charge in [-0.3, -0.25) is 0 Å². The molecule has 0 heterocycles. The van der Waals surface area contributed by atoms with Crippen LogP contribution in [0, 0.1) is 0 Å². The third kappa shape index (κ3) is 6.31. The Kier molecular flexibility index (Phi) is 2.84. The van der Waals surface area contributed by atoms with Crippen LogP contribution in [0.2, 0.25) is 0 Å².